The van der Waals surface area contributed by atoms with Crippen LogP contribution in [0.15, 0.2) is 29.8 Å². The van der Waals surface area contributed by atoms with Gasteiger partial charge in [0.25, 0.3) is 5.71 Å². The number of cyclic esters (lactones) is 1. The van der Waals surface area contributed by atoms with Gasteiger partial charge in [0.1, 0.15) is 5.92 Å². The van der Waals surface area contributed by atoms with Crippen LogP contribution < -0.4 is 9.40 Å². The fourth-order valence-corrected chi connectivity index (χ4v) is 3.41. The van der Waals surface area contributed by atoms with Crippen LogP contribution in [-0.2, 0) is 4.74 Å². The molecule has 10 heteroatoms. The van der Waals surface area contributed by atoms with Gasteiger partial charge in [-0.05, 0) is 24.1 Å². The molecular formula is C20H20F5N2O3+. The highest BCUT2D eigenvalue weighted by atomic mass is 19.3. The molecule has 1 fully saturated rings. The van der Waals surface area contributed by atoms with Crippen LogP contribution in [0.3, 0.4) is 0 Å². The van der Waals surface area contributed by atoms with E-state index in [1.54, 1.807) is 0 Å². The van der Waals surface area contributed by atoms with Crippen LogP contribution in [0.2, 0.25) is 0 Å². The summed E-state index contributed by atoms with van der Waals surface area (Å²) in [5.74, 6) is -5.59. The molecule has 3 rings (SSSR count). The second kappa shape index (κ2) is 8.47. The molecule has 1 amide bonds. The van der Waals surface area contributed by atoms with Crippen molar-refractivity contribution in [1.82, 2.24) is 9.57 Å². The molecule has 2 heterocycles. The van der Waals surface area contributed by atoms with Crippen LogP contribution in [0.1, 0.15) is 31.7 Å². The van der Waals surface area contributed by atoms with Crippen LogP contribution in [-0.4, -0.2) is 54.6 Å². The summed E-state index contributed by atoms with van der Waals surface area (Å²) >= 11 is 0. The van der Waals surface area contributed by atoms with Crippen LogP contribution >= 0.6 is 0 Å². The van der Waals surface area contributed by atoms with E-state index in [1.165, 1.54) is 24.0 Å². The average Bonchev–Trinajstić information content (AvgIpc) is 2.65. The lowest BCUT2D eigenvalue weighted by Crippen LogP contribution is -2.43. The first-order valence-corrected chi connectivity index (χ1v) is 9.23. The molecule has 162 valence electrons. The largest absolute Gasteiger partial charge is 0.449 e. The third kappa shape index (κ3) is 4.81. The highest BCUT2D eigenvalue weighted by Gasteiger charge is 2.45. The minimum Gasteiger partial charge on any atom is -0.449 e. The third-order valence-electron chi connectivity index (χ3n) is 4.77. The molecule has 0 N–H and O–H groups in total. The van der Waals surface area contributed by atoms with Gasteiger partial charge in [-0.2, -0.15) is 17.6 Å². The minimum absolute atomic E-state index is 0.109. The zero-order valence-electron chi connectivity index (χ0n) is 16.3. The van der Waals surface area contributed by atoms with Gasteiger partial charge in [-0.1, -0.05) is 16.8 Å². The van der Waals surface area contributed by atoms with Gasteiger partial charge in [0.05, 0.1) is 18.7 Å². The predicted octanol–water partition coefficient (Wildman–Crippen LogP) is 3.92. The zero-order chi connectivity index (χ0) is 22.1. The summed E-state index contributed by atoms with van der Waals surface area (Å²) in [6.07, 6.45) is 1.43. The first kappa shape index (κ1) is 21.8. The van der Waals surface area contributed by atoms with Crippen molar-refractivity contribution in [3.05, 3.63) is 41.2 Å². The van der Waals surface area contributed by atoms with E-state index < -0.39 is 41.8 Å². The first-order valence-electron chi connectivity index (χ1n) is 9.23. The highest BCUT2D eigenvalue weighted by Crippen LogP contribution is 2.31. The number of amides is 1. The fraction of sp³-hybridized carbons (Fsp3) is 0.450. The van der Waals surface area contributed by atoms with Crippen LogP contribution in [0.25, 0.3) is 0 Å². The Labute approximate surface area is 169 Å². The lowest BCUT2D eigenvalue weighted by atomic mass is 9.88. The van der Waals surface area contributed by atoms with Gasteiger partial charge >= 0.3 is 24.3 Å². The summed E-state index contributed by atoms with van der Waals surface area (Å²) in [6, 6.07) is 3.39. The first-order chi connectivity index (χ1) is 14.1. The van der Waals surface area contributed by atoms with Crippen molar-refractivity contribution < 1.29 is 36.2 Å². The van der Waals surface area contributed by atoms with Crippen molar-refractivity contribution in [2.24, 2.45) is 0 Å². The Morgan fingerprint density at radius 1 is 1.37 bits per heavy atom. The number of halogens is 5. The van der Waals surface area contributed by atoms with E-state index >= 15 is 0 Å². The lowest BCUT2D eigenvalue weighted by molar-refractivity contribution is -0.0522. The number of hydrogen-bond acceptors (Lipinski definition) is 3. The van der Waals surface area contributed by atoms with Crippen LogP contribution in [0.4, 0.5) is 26.7 Å². The molecule has 1 atom stereocenters. The van der Waals surface area contributed by atoms with Crippen LogP contribution in [0, 0.1) is 5.82 Å². The molecule has 0 spiro atoms. The molecule has 0 aliphatic carbocycles. The number of ether oxygens (including phenoxy) is 2. The van der Waals surface area contributed by atoms with Crippen molar-refractivity contribution in [3.63, 3.8) is 0 Å². The SMILES string of the molecule is CC1=[N+]=C(C(C)(F)F)C(CN2CCCOC2=O)=CC1c1ccc(F)c(OC(F)F)c1. The lowest BCUT2D eigenvalue weighted by Gasteiger charge is -2.27. The van der Waals surface area contributed by atoms with Gasteiger partial charge in [0, 0.05) is 20.4 Å². The molecule has 5 nitrogen and oxygen atoms in total. The second-order valence-corrected chi connectivity index (χ2v) is 7.12. The van der Waals surface area contributed by atoms with Crippen molar-refractivity contribution in [3.8, 4) is 5.75 Å². The molecule has 30 heavy (non-hydrogen) atoms. The minimum atomic E-state index is -3.27. The van der Waals surface area contributed by atoms with E-state index in [-0.39, 0.29) is 24.4 Å². The van der Waals surface area contributed by atoms with E-state index in [2.05, 4.69) is 9.40 Å². The molecule has 0 saturated carbocycles. The number of hydrogen-bond donors (Lipinski definition) is 0. The monoisotopic (exact) mass is 431 g/mol. The average molecular weight is 431 g/mol. The van der Waals surface area contributed by atoms with Gasteiger partial charge in [0.15, 0.2) is 11.6 Å². The highest BCUT2D eigenvalue weighted by molar-refractivity contribution is 6.11. The number of alkyl halides is 4. The molecule has 1 unspecified atom stereocenters. The summed E-state index contributed by atoms with van der Waals surface area (Å²) < 4.78 is 80.4. The smallest absolute Gasteiger partial charge is 0.410 e. The van der Waals surface area contributed by atoms with Crippen LogP contribution in [0.5, 0.6) is 5.75 Å². The fourth-order valence-electron chi connectivity index (χ4n) is 3.41. The number of nitrogens with zero attached hydrogens (tertiary/aromatic N) is 2. The number of carbonyl (C=O) groups excluding carboxylic acids is 1. The maximum absolute atomic E-state index is 14.2. The van der Waals surface area contributed by atoms with Crippen molar-refractivity contribution in [1.29, 1.82) is 0 Å². The molecular weight excluding hydrogens is 411 g/mol. The Morgan fingerprint density at radius 2 is 2.10 bits per heavy atom. The van der Waals surface area contributed by atoms with Crippen molar-refractivity contribution in [2.45, 2.75) is 38.7 Å². The Kier molecular flexibility index (Phi) is 6.17. The molecule has 2 aliphatic heterocycles. The van der Waals surface area contributed by atoms with Crippen molar-refractivity contribution in [2.75, 3.05) is 19.7 Å². The summed E-state index contributed by atoms with van der Waals surface area (Å²) in [7, 11) is 0. The molecule has 0 bridgehead atoms. The number of rotatable bonds is 6. The standard InChI is InChI=1S/C20H20F5N2O3/c1-11-14(12-4-5-15(21)16(9-12)30-18(22)23)8-13(17(26-11)20(2,24)25)10-27-6-3-7-29-19(27)28/h4-5,8-9,14,18H,3,6-7,10H2,1-2H3/q+1. The number of benzene rings is 1. The molecule has 1 aromatic carbocycles. The summed E-state index contributed by atoms with van der Waals surface area (Å²) in [6.45, 7) is -0.547. The molecule has 0 radical (unpaired) electrons. The Morgan fingerprint density at radius 3 is 2.73 bits per heavy atom. The van der Waals surface area contributed by atoms with Gasteiger partial charge in [-0.15, -0.1) is 0 Å². The Bertz CT molecular complexity index is 933. The van der Waals surface area contributed by atoms with E-state index in [1.807, 2.05) is 0 Å². The third-order valence-corrected chi connectivity index (χ3v) is 4.77. The Hall–Kier alpha value is -2.87. The van der Waals surface area contributed by atoms with E-state index in [4.69, 9.17) is 4.74 Å². The quantitative estimate of drug-likeness (QED) is 0.507. The van der Waals surface area contributed by atoms with Gasteiger partial charge in [-0.25, -0.2) is 9.18 Å². The number of allylic oxidation sites excluding steroid dienone is 1. The summed E-state index contributed by atoms with van der Waals surface area (Å²) in [5, 5.41) is 0. The molecule has 0 aromatic heterocycles. The predicted molar refractivity (Wildman–Crippen MR) is 99.8 cm³/mol. The van der Waals surface area contributed by atoms with Gasteiger partial charge in [0.2, 0.25) is 0 Å². The summed E-state index contributed by atoms with van der Waals surface area (Å²) in [4.78, 5) is 13.2. The molecule has 1 aromatic rings. The maximum atomic E-state index is 14.2. The molecule has 2 aliphatic rings. The second-order valence-electron chi connectivity index (χ2n) is 7.12. The van der Waals surface area contributed by atoms with E-state index in [0.717, 1.165) is 12.1 Å². The zero-order valence-corrected chi connectivity index (χ0v) is 16.3. The Balaban J connectivity index is 2.02. The van der Waals surface area contributed by atoms with E-state index in [9.17, 15) is 26.7 Å². The number of carbonyl (C=O) groups is 1. The van der Waals surface area contributed by atoms with Gasteiger partial charge < -0.3 is 14.4 Å². The van der Waals surface area contributed by atoms with E-state index in [0.29, 0.717) is 25.5 Å². The van der Waals surface area contributed by atoms with Crippen molar-refractivity contribution >= 4 is 17.5 Å². The summed E-state index contributed by atoms with van der Waals surface area (Å²) in [5.41, 5.74) is 0.231. The normalized spacial score (nSPS) is 19.9. The topological polar surface area (TPSA) is 52.9 Å². The molecule has 1 saturated heterocycles. The van der Waals surface area contributed by atoms with Gasteiger partial charge in [-0.3, -0.25) is 0 Å². The maximum Gasteiger partial charge on any atom is 0.410 e.